The maximum Gasteiger partial charge on any atom is 0.213 e. The van der Waals surface area contributed by atoms with Gasteiger partial charge in [-0.3, -0.25) is 0 Å². The lowest BCUT2D eigenvalue weighted by Gasteiger charge is -2.14. The average molecular weight is 300 g/mol. The van der Waals surface area contributed by atoms with Gasteiger partial charge in [-0.15, -0.1) is 0 Å². The van der Waals surface area contributed by atoms with Gasteiger partial charge in [-0.25, -0.2) is 4.98 Å². The molecule has 114 valence electrons. The second kappa shape index (κ2) is 7.18. The molecule has 0 atom stereocenters. The van der Waals surface area contributed by atoms with Gasteiger partial charge in [-0.1, -0.05) is 0 Å². The molecule has 0 radical (unpaired) electrons. The van der Waals surface area contributed by atoms with Crippen molar-refractivity contribution in [2.45, 2.75) is 6.61 Å². The zero-order chi connectivity index (χ0) is 15.9. The average Bonchev–Trinajstić information content (AvgIpc) is 2.59. The van der Waals surface area contributed by atoms with E-state index < -0.39 is 0 Å². The fourth-order valence-electron chi connectivity index (χ4n) is 1.91. The van der Waals surface area contributed by atoms with Crippen LogP contribution < -0.4 is 18.9 Å². The summed E-state index contributed by atoms with van der Waals surface area (Å²) in [5.74, 6) is 2.10. The van der Waals surface area contributed by atoms with E-state index >= 15 is 0 Å². The minimum Gasteiger partial charge on any atom is -0.493 e. The van der Waals surface area contributed by atoms with Crippen LogP contribution in [-0.2, 0) is 6.61 Å². The predicted molar refractivity (Wildman–Crippen MR) is 79.4 cm³/mol. The molecule has 0 aliphatic heterocycles. The highest BCUT2D eigenvalue weighted by molar-refractivity contribution is 5.53. The van der Waals surface area contributed by atoms with Crippen LogP contribution in [0.4, 0.5) is 0 Å². The highest BCUT2D eigenvalue weighted by Crippen LogP contribution is 2.38. The normalized spacial score (nSPS) is 9.73. The van der Waals surface area contributed by atoms with E-state index in [1.807, 2.05) is 18.2 Å². The number of ether oxygens (including phenoxy) is 4. The Morgan fingerprint density at radius 3 is 2.18 bits per heavy atom. The van der Waals surface area contributed by atoms with Gasteiger partial charge in [0.1, 0.15) is 12.7 Å². The number of methoxy groups -OCH3 is 3. The maximum atomic E-state index is 8.73. The summed E-state index contributed by atoms with van der Waals surface area (Å²) in [5, 5.41) is 8.73. The molecule has 0 saturated carbocycles. The number of hydrogen-bond acceptors (Lipinski definition) is 6. The highest BCUT2D eigenvalue weighted by Gasteiger charge is 2.13. The molecule has 1 heterocycles. The Bertz CT molecular complexity index is 653. The Morgan fingerprint density at radius 2 is 1.73 bits per heavy atom. The first kappa shape index (κ1) is 15.4. The van der Waals surface area contributed by atoms with Gasteiger partial charge < -0.3 is 18.9 Å². The summed E-state index contributed by atoms with van der Waals surface area (Å²) in [4.78, 5) is 4.05. The second-order valence-electron chi connectivity index (χ2n) is 4.32. The third kappa shape index (κ3) is 3.38. The van der Waals surface area contributed by atoms with Crippen LogP contribution in [0.25, 0.3) is 0 Å². The third-order valence-electron chi connectivity index (χ3n) is 2.98. The van der Waals surface area contributed by atoms with Gasteiger partial charge in [0.25, 0.3) is 0 Å². The first-order valence-corrected chi connectivity index (χ1v) is 6.49. The highest BCUT2D eigenvalue weighted by atomic mass is 16.5. The van der Waals surface area contributed by atoms with Crippen molar-refractivity contribution in [3.63, 3.8) is 0 Å². The lowest BCUT2D eigenvalue weighted by molar-refractivity contribution is 0.288. The minimum atomic E-state index is 0.287. The Morgan fingerprint density at radius 1 is 1.05 bits per heavy atom. The quantitative estimate of drug-likeness (QED) is 0.816. The van der Waals surface area contributed by atoms with Crippen molar-refractivity contribution < 1.29 is 18.9 Å². The number of hydrogen-bond donors (Lipinski definition) is 0. The molecule has 0 bridgehead atoms. The van der Waals surface area contributed by atoms with Gasteiger partial charge in [-0.2, -0.15) is 5.26 Å². The van der Waals surface area contributed by atoms with E-state index in [1.54, 1.807) is 33.5 Å². The summed E-state index contributed by atoms with van der Waals surface area (Å²) >= 11 is 0. The SMILES string of the molecule is COc1cc(COc2ccc(C#N)cn2)cc(OC)c1OC. The van der Waals surface area contributed by atoms with E-state index in [4.69, 9.17) is 24.2 Å². The van der Waals surface area contributed by atoms with Gasteiger partial charge in [0, 0.05) is 12.3 Å². The molecule has 0 saturated heterocycles. The van der Waals surface area contributed by atoms with E-state index in [0.717, 1.165) is 5.56 Å². The summed E-state index contributed by atoms with van der Waals surface area (Å²) in [6.07, 6.45) is 1.46. The number of pyridine rings is 1. The molecule has 0 fully saturated rings. The minimum absolute atomic E-state index is 0.287. The molecule has 1 aromatic carbocycles. The second-order valence-corrected chi connectivity index (χ2v) is 4.32. The van der Waals surface area contributed by atoms with E-state index in [9.17, 15) is 0 Å². The molecule has 0 amide bonds. The Hall–Kier alpha value is -2.94. The molecule has 0 aliphatic carbocycles. The van der Waals surface area contributed by atoms with E-state index in [-0.39, 0.29) is 6.61 Å². The topological polar surface area (TPSA) is 73.6 Å². The Kier molecular flexibility index (Phi) is 5.04. The fourth-order valence-corrected chi connectivity index (χ4v) is 1.91. The van der Waals surface area contributed by atoms with Crippen molar-refractivity contribution in [3.05, 3.63) is 41.6 Å². The molecule has 0 N–H and O–H groups in total. The van der Waals surface area contributed by atoms with E-state index in [0.29, 0.717) is 28.7 Å². The van der Waals surface area contributed by atoms with Crippen LogP contribution in [-0.4, -0.2) is 26.3 Å². The van der Waals surface area contributed by atoms with Crippen molar-refractivity contribution in [2.75, 3.05) is 21.3 Å². The van der Waals surface area contributed by atoms with Crippen LogP contribution in [0.2, 0.25) is 0 Å². The third-order valence-corrected chi connectivity index (χ3v) is 2.98. The van der Waals surface area contributed by atoms with Crippen molar-refractivity contribution in [3.8, 4) is 29.2 Å². The van der Waals surface area contributed by atoms with Crippen molar-refractivity contribution in [2.24, 2.45) is 0 Å². The summed E-state index contributed by atoms with van der Waals surface area (Å²) in [6, 6.07) is 8.93. The number of aromatic nitrogens is 1. The van der Waals surface area contributed by atoms with Gasteiger partial charge in [0.15, 0.2) is 11.5 Å². The number of nitriles is 1. The van der Waals surface area contributed by atoms with Gasteiger partial charge in [0.05, 0.1) is 26.9 Å². The standard InChI is InChI=1S/C16H16N2O4/c1-19-13-6-12(7-14(20-2)16(13)21-3)10-22-15-5-4-11(8-17)9-18-15/h4-7,9H,10H2,1-3H3. The number of nitrogens with zero attached hydrogens (tertiary/aromatic N) is 2. The predicted octanol–water partition coefficient (Wildman–Crippen LogP) is 2.56. The first-order valence-electron chi connectivity index (χ1n) is 6.49. The van der Waals surface area contributed by atoms with Gasteiger partial charge in [0.2, 0.25) is 11.6 Å². The van der Waals surface area contributed by atoms with Crippen molar-refractivity contribution >= 4 is 0 Å². The lowest BCUT2D eigenvalue weighted by atomic mass is 10.2. The molecule has 0 unspecified atom stereocenters. The monoisotopic (exact) mass is 300 g/mol. The molecule has 0 spiro atoms. The molecular weight excluding hydrogens is 284 g/mol. The lowest BCUT2D eigenvalue weighted by Crippen LogP contribution is -2.01. The molecular formula is C16H16N2O4. The zero-order valence-corrected chi connectivity index (χ0v) is 12.6. The molecule has 2 rings (SSSR count). The van der Waals surface area contributed by atoms with Crippen LogP contribution in [0.1, 0.15) is 11.1 Å². The number of benzene rings is 1. The smallest absolute Gasteiger partial charge is 0.213 e. The zero-order valence-electron chi connectivity index (χ0n) is 12.6. The van der Waals surface area contributed by atoms with Crippen LogP contribution in [0.15, 0.2) is 30.5 Å². The van der Waals surface area contributed by atoms with Crippen LogP contribution in [0, 0.1) is 11.3 Å². The first-order chi connectivity index (χ1) is 10.7. The maximum absolute atomic E-state index is 8.73. The van der Waals surface area contributed by atoms with Crippen LogP contribution in [0.5, 0.6) is 23.1 Å². The molecule has 6 heteroatoms. The van der Waals surface area contributed by atoms with Crippen LogP contribution >= 0.6 is 0 Å². The summed E-state index contributed by atoms with van der Waals surface area (Å²) in [6.45, 7) is 0.287. The molecule has 0 aliphatic rings. The summed E-state index contributed by atoms with van der Waals surface area (Å²) < 4.78 is 21.4. The van der Waals surface area contributed by atoms with E-state index in [1.165, 1.54) is 6.20 Å². The summed E-state index contributed by atoms with van der Waals surface area (Å²) in [7, 11) is 4.67. The van der Waals surface area contributed by atoms with E-state index in [2.05, 4.69) is 4.98 Å². The largest absolute Gasteiger partial charge is 0.493 e. The summed E-state index contributed by atoms with van der Waals surface area (Å²) in [5.41, 5.74) is 1.33. The van der Waals surface area contributed by atoms with Crippen molar-refractivity contribution in [1.29, 1.82) is 5.26 Å². The van der Waals surface area contributed by atoms with Gasteiger partial charge >= 0.3 is 0 Å². The Balaban J connectivity index is 2.16. The molecule has 1 aromatic heterocycles. The number of rotatable bonds is 6. The van der Waals surface area contributed by atoms with Crippen LogP contribution in [0.3, 0.4) is 0 Å². The Labute approximate surface area is 128 Å². The fraction of sp³-hybridized carbons (Fsp3) is 0.250. The molecule has 2 aromatic rings. The molecule has 22 heavy (non-hydrogen) atoms. The molecule has 6 nitrogen and oxygen atoms in total. The van der Waals surface area contributed by atoms with Gasteiger partial charge in [-0.05, 0) is 23.8 Å². The van der Waals surface area contributed by atoms with Crippen molar-refractivity contribution in [1.82, 2.24) is 4.98 Å².